The first-order valence-corrected chi connectivity index (χ1v) is 10.4. The first-order valence-electron chi connectivity index (χ1n) is 9.61. The van der Waals surface area contributed by atoms with Gasteiger partial charge in [-0.2, -0.15) is 0 Å². The van der Waals surface area contributed by atoms with Gasteiger partial charge in [0.25, 0.3) is 0 Å². The number of nitrogens with zero attached hydrogens (tertiary/aromatic N) is 1. The van der Waals surface area contributed by atoms with Gasteiger partial charge in [-0.25, -0.2) is 0 Å². The van der Waals surface area contributed by atoms with Crippen LogP contribution in [0.4, 0.5) is 5.69 Å². The van der Waals surface area contributed by atoms with Gasteiger partial charge in [0.15, 0.2) is 0 Å². The second-order valence-corrected chi connectivity index (χ2v) is 8.01. The zero-order valence-electron chi connectivity index (χ0n) is 15.7. The van der Waals surface area contributed by atoms with Crippen LogP contribution in [0.15, 0.2) is 42.5 Å². The molecular weight excluding hydrogens is 379 g/mol. The minimum atomic E-state index is -0.0198. The third kappa shape index (κ3) is 5.63. The molecule has 2 aromatic rings. The Hall–Kier alpha value is -1.71. The molecule has 5 heteroatoms. The number of aryl methyl sites for hydroxylation is 1. The Kier molecular flexibility index (Phi) is 7.03. The summed E-state index contributed by atoms with van der Waals surface area (Å²) in [5.41, 5.74) is 3.33. The van der Waals surface area contributed by atoms with Gasteiger partial charge in [-0.1, -0.05) is 41.4 Å². The molecule has 0 aromatic heterocycles. The number of hydrogen-bond acceptors (Lipinski definition) is 2. The molecule has 1 heterocycles. The van der Waals surface area contributed by atoms with E-state index < -0.39 is 0 Å². The third-order valence-corrected chi connectivity index (χ3v) is 5.72. The second-order valence-electron chi connectivity index (χ2n) is 7.16. The number of hydrogen-bond donors (Lipinski definition) is 1. The van der Waals surface area contributed by atoms with Crippen molar-refractivity contribution in [2.24, 2.45) is 0 Å². The van der Waals surface area contributed by atoms with Gasteiger partial charge >= 0.3 is 0 Å². The largest absolute Gasteiger partial charge is 0.372 e. The highest BCUT2D eigenvalue weighted by molar-refractivity contribution is 6.35. The summed E-state index contributed by atoms with van der Waals surface area (Å²) in [6.07, 6.45) is 4.87. The summed E-state index contributed by atoms with van der Waals surface area (Å²) in [5, 5.41) is 4.29. The minimum Gasteiger partial charge on any atom is -0.372 e. The first kappa shape index (κ1) is 20.0. The molecule has 0 radical (unpaired) electrons. The van der Waals surface area contributed by atoms with Gasteiger partial charge < -0.3 is 10.2 Å². The van der Waals surface area contributed by atoms with Crippen LogP contribution in [0.1, 0.15) is 49.8 Å². The van der Waals surface area contributed by atoms with E-state index in [2.05, 4.69) is 34.5 Å². The number of carbonyl (C=O) groups is 1. The molecule has 0 saturated carbocycles. The van der Waals surface area contributed by atoms with Crippen LogP contribution in [0.5, 0.6) is 0 Å². The van der Waals surface area contributed by atoms with Crippen molar-refractivity contribution in [3.05, 3.63) is 63.6 Å². The SMILES string of the molecule is C[C@@H](NC(=O)CCc1ccc(Cl)cc1Cl)c1ccc(N2CCCCC2)cc1. The summed E-state index contributed by atoms with van der Waals surface area (Å²) in [6.45, 7) is 4.29. The lowest BCUT2D eigenvalue weighted by Crippen LogP contribution is -2.29. The summed E-state index contributed by atoms with van der Waals surface area (Å²) < 4.78 is 0. The Morgan fingerprint density at radius 1 is 1.07 bits per heavy atom. The predicted octanol–water partition coefficient (Wildman–Crippen LogP) is 5.79. The standard InChI is InChI=1S/C22H26Cl2N2O/c1-16(17-6-10-20(11-7-17)26-13-3-2-4-14-26)25-22(27)12-8-18-5-9-19(23)15-21(18)24/h5-7,9-11,15-16H,2-4,8,12-14H2,1H3,(H,25,27)/t16-/m1/s1. The number of anilines is 1. The van der Waals surface area contributed by atoms with Crippen molar-refractivity contribution in [2.45, 2.75) is 45.1 Å². The van der Waals surface area contributed by atoms with E-state index in [1.807, 2.05) is 13.0 Å². The zero-order valence-corrected chi connectivity index (χ0v) is 17.2. The van der Waals surface area contributed by atoms with Crippen molar-refractivity contribution in [3.63, 3.8) is 0 Å². The second kappa shape index (κ2) is 9.48. The van der Waals surface area contributed by atoms with Gasteiger partial charge in [0.1, 0.15) is 0 Å². The maximum Gasteiger partial charge on any atom is 0.220 e. The van der Waals surface area contributed by atoms with Crippen LogP contribution in [-0.2, 0) is 11.2 Å². The van der Waals surface area contributed by atoms with Gasteiger partial charge in [0.2, 0.25) is 5.91 Å². The van der Waals surface area contributed by atoms with Crippen molar-refractivity contribution in [1.29, 1.82) is 0 Å². The topological polar surface area (TPSA) is 32.3 Å². The summed E-state index contributed by atoms with van der Waals surface area (Å²) >= 11 is 12.1. The molecule has 0 spiro atoms. The highest BCUT2D eigenvalue weighted by atomic mass is 35.5. The molecule has 1 aliphatic rings. The minimum absolute atomic E-state index is 0.0198. The number of nitrogens with one attached hydrogen (secondary N) is 1. The lowest BCUT2D eigenvalue weighted by molar-refractivity contribution is -0.121. The van der Waals surface area contributed by atoms with E-state index in [9.17, 15) is 4.79 Å². The smallest absolute Gasteiger partial charge is 0.220 e. The highest BCUT2D eigenvalue weighted by Crippen LogP contribution is 2.24. The van der Waals surface area contributed by atoms with Crippen LogP contribution >= 0.6 is 23.2 Å². The van der Waals surface area contributed by atoms with Gasteiger partial charge in [-0.15, -0.1) is 0 Å². The summed E-state index contributed by atoms with van der Waals surface area (Å²) in [7, 11) is 0. The Labute approximate surface area is 171 Å². The molecule has 1 aliphatic heterocycles. The molecule has 1 fully saturated rings. The average Bonchev–Trinajstić information content (AvgIpc) is 2.68. The molecule has 1 saturated heterocycles. The van der Waals surface area contributed by atoms with Crippen LogP contribution in [0.2, 0.25) is 10.0 Å². The maximum absolute atomic E-state index is 12.3. The monoisotopic (exact) mass is 404 g/mol. The average molecular weight is 405 g/mol. The molecule has 0 bridgehead atoms. The molecular formula is C22H26Cl2N2O. The predicted molar refractivity (Wildman–Crippen MR) is 114 cm³/mol. The Morgan fingerprint density at radius 3 is 2.44 bits per heavy atom. The fourth-order valence-corrected chi connectivity index (χ4v) is 4.00. The lowest BCUT2D eigenvalue weighted by Gasteiger charge is -2.29. The van der Waals surface area contributed by atoms with Crippen molar-refractivity contribution >= 4 is 34.8 Å². The molecule has 3 nitrogen and oxygen atoms in total. The van der Waals surface area contributed by atoms with Gasteiger partial charge in [-0.05, 0) is 68.0 Å². The van der Waals surface area contributed by atoms with Gasteiger partial charge in [0.05, 0.1) is 6.04 Å². The third-order valence-electron chi connectivity index (χ3n) is 5.13. The van der Waals surface area contributed by atoms with Crippen molar-refractivity contribution in [2.75, 3.05) is 18.0 Å². The number of piperidine rings is 1. The van der Waals surface area contributed by atoms with Crippen LogP contribution in [0.3, 0.4) is 0 Å². The van der Waals surface area contributed by atoms with E-state index in [4.69, 9.17) is 23.2 Å². The van der Waals surface area contributed by atoms with Gasteiger partial charge in [0, 0.05) is 35.2 Å². The van der Waals surface area contributed by atoms with Crippen LogP contribution < -0.4 is 10.2 Å². The number of carbonyl (C=O) groups excluding carboxylic acids is 1. The number of rotatable bonds is 6. The van der Waals surface area contributed by atoms with Gasteiger partial charge in [-0.3, -0.25) is 4.79 Å². The van der Waals surface area contributed by atoms with Crippen molar-refractivity contribution < 1.29 is 4.79 Å². The van der Waals surface area contributed by atoms with E-state index in [0.29, 0.717) is 22.9 Å². The summed E-state index contributed by atoms with van der Waals surface area (Å²) in [6, 6.07) is 13.9. The van der Waals surface area contributed by atoms with E-state index in [0.717, 1.165) is 24.2 Å². The highest BCUT2D eigenvalue weighted by Gasteiger charge is 2.13. The van der Waals surface area contributed by atoms with E-state index in [-0.39, 0.29) is 11.9 Å². The zero-order chi connectivity index (χ0) is 19.2. The van der Waals surface area contributed by atoms with E-state index in [1.165, 1.54) is 24.9 Å². The molecule has 0 unspecified atom stereocenters. The summed E-state index contributed by atoms with van der Waals surface area (Å²) in [5.74, 6) is 0.0219. The molecule has 1 amide bonds. The summed E-state index contributed by atoms with van der Waals surface area (Å²) in [4.78, 5) is 14.7. The molecule has 1 atom stereocenters. The molecule has 0 aliphatic carbocycles. The number of amides is 1. The van der Waals surface area contributed by atoms with Crippen LogP contribution in [0, 0.1) is 0 Å². The Morgan fingerprint density at radius 2 is 1.78 bits per heavy atom. The van der Waals surface area contributed by atoms with E-state index in [1.54, 1.807) is 12.1 Å². The van der Waals surface area contributed by atoms with Crippen molar-refractivity contribution in [3.8, 4) is 0 Å². The quantitative estimate of drug-likeness (QED) is 0.659. The van der Waals surface area contributed by atoms with E-state index >= 15 is 0 Å². The molecule has 2 aromatic carbocycles. The molecule has 3 rings (SSSR count). The fourth-order valence-electron chi connectivity index (χ4n) is 3.50. The maximum atomic E-state index is 12.3. The lowest BCUT2D eigenvalue weighted by atomic mass is 10.1. The number of benzene rings is 2. The molecule has 1 N–H and O–H groups in total. The van der Waals surface area contributed by atoms with Crippen LogP contribution in [0.25, 0.3) is 0 Å². The van der Waals surface area contributed by atoms with Crippen molar-refractivity contribution in [1.82, 2.24) is 5.32 Å². The molecule has 144 valence electrons. The number of halogens is 2. The molecule has 27 heavy (non-hydrogen) atoms. The Balaban J connectivity index is 1.51. The normalized spacial score (nSPS) is 15.4. The first-order chi connectivity index (χ1) is 13.0. The van der Waals surface area contributed by atoms with Crippen LogP contribution in [-0.4, -0.2) is 19.0 Å². The Bertz CT molecular complexity index is 770. The fraction of sp³-hybridized carbons (Fsp3) is 0.409.